The van der Waals surface area contributed by atoms with Gasteiger partial charge in [0, 0.05) is 30.6 Å². The molecule has 0 spiro atoms. The van der Waals surface area contributed by atoms with Crippen LogP contribution in [0.15, 0.2) is 53.5 Å². The molecule has 0 radical (unpaired) electrons. The number of thiazole rings is 1. The van der Waals surface area contributed by atoms with Gasteiger partial charge >= 0.3 is 6.18 Å². The summed E-state index contributed by atoms with van der Waals surface area (Å²) in [6.07, 6.45) is 3.06. The minimum absolute atomic E-state index is 0.0329. The van der Waals surface area contributed by atoms with Crippen molar-refractivity contribution in [1.29, 1.82) is 0 Å². The molecule has 188 valence electrons. The third-order valence-corrected chi connectivity index (χ3v) is 6.40. The van der Waals surface area contributed by atoms with Crippen LogP contribution in [0.2, 0.25) is 0 Å². The Bertz CT molecular complexity index is 1110. The maximum atomic E-state index is 14.2. The summed E-state index contributed by atoms with van der Waals surface area (Å²) < 4.78 is 48.1. The molecule has 2 aromatic heterocycles. The normalized spacial score (nSPS) is 17.9. The fraction of sp³-hybridized carbons (Fsp3) is 0.417. The number of amides is 2. The second-order valence-corrected chi connectivity index (χ2v) is 9.15. The number of aromatic nitrogens is 2. The Morgan fingerprint density at radius 1 is 1.29 bits per heavy atom. The Morgan fingerprint density at radius 2 is 2.06 bits per heavy atom. The lowest BCUT2D eigenvalue weighted by Crippen LogP contribution is -2.42. The van der Waals surface area contributed by atoms with Gasteiger partial charge in [-0.2, -0.15) is 13.2 Å². The fourth-order valence-corrected chi connectivity index (χ4v) is 4.44. The molecule has 1 atom stereocenters. The molecule has 0 fully saturated rings. The summed E-state index contributed by atoms with van der Waals surface area (Å²) in [5.74, 6) is -1.22. The summed E-state index contributed by atoms with van der Waals surface area (Å²) in [7, 11) is 0. The SMILES string of the molecule is CCCCCOC1=CC=C(N(C(C)=O)c2nc(C(=O)Nc3cccnc3)cs2)CC1(C)C(F)(F)F. The number of ether oxygens (including phenoxy) is 1. The third kappa shape index (κ3) is 6.08. The van der Waals surface area contributed by atoms with Gasteiger partial charge in [0.05, 0.1) is 18.5 Å². The van der Waals surface area contributed by atoms with Gasteiger partial charge in [0.1, 0.15) is 16.9 Å². The first-order valence-corrected chi connectivity index (χ1v) is 12.0. The number of anilines is 2. The Morgan fingerprint density at radius 3 is 2.69 bits per heavy atom. The number of rotatable bonds is 9. The van der Waals surface area contributed by atoms with Crippen molar-refractivity contribution in [1.82, 2.24) is 9.97 Å². The molecule has 11 heteroatoms. The molecular weight excluding hydrogens is 481 g/mol. The van der Waals surface area contributed by atoms with E-state index in [4.69, 9.17) is 4.74 Å². The summed E-state index contributed by atoms with van der Waals surface area (Å²) in [4.78, 5) is 34.3. The molecular formula is C24H27F3N4O3S. The minimum atomic E-state index is -4.61. The van der Waals surface area contributed by atoms with Crippen molar-refractivity contribution in [3.05, 3.63) is 59.2 Å². The van der Waals surface area contributed by atoms with Crippen LogP contribution in [0.5, 0.6) is 0 Å². The number of alkyl halides is 3. The predicted octanol–water partition coefficient (Wildman–Crippen LogP) is 6.09. The van der Waals surface area contributed by atoms with E-state index in [2.05, 4.69) is 15.3 Å². The van der Waals surface area contributed by atoms with Gasteiger partial charge in [0.15, 0.2) is 5.13 Å². The highest BCUT2D eigenvalue weighted by molar-refractivity contribution is 7.14. The number of carbonyl (C=O) groups excluding carboxylic acids is 2. The first-order chi connectivity index (χ1) is 16.6. The molecule has 0 bridgehead atoms. The van der Waals surface area contributed by atoms with Crippen LogP contribution in [0.3, 0.4) is 0 Å². The lowest BCUT2D eigenvalue weighted by atomic mass is 9.79. The van der Waals surface area contributed by atoms with Gasteiger partial charge < -0.3 is 10.1 Å². The van der Waals surface area contributed by atoms with Crippen LogP contribution in [0, 0.1) is 5.41 Å². The van der Waals surface area contributed by atoms with E-state index < -0.39 is 29.8 Å². The smallest absolute Gasteiger partial charge is 0.401 e. The average Bonchev–Trinajstić information content (AvgIpc) is 3.27. The van der Waals surface area contributed by atoms with Gasteiger partial charge in [-0.15, -0.1) is 11.3 Å². The number of nitrogens with one attached hydrogen (secondary N) is 1. The third-order valence-electron chi connectivity index (χ3n) is 5.57. The van der Waals surface area contributed by atoms with E-state index in [1.54, 1.807) is 18.3 Å². The average molecular weight is 509 g/mol. The highest BCUT2D eigenvalue weighted by atomic mass is 32.1. The standard InChI is InChI=1S/C24H27F3N4O3S/c1-4-5-6-12-34-20-10-9-18(13-23(20,3)24(25,26)27)31(16(2)32)22-30-19(15-35-22)21(33)29-17-8-7-11-28-14-17/h7-11,14-15H,4-6,12-13H2,1-3H3,(H,29,33). The Kier molecular flexibility index (Phi) is 8.31. The van der Waals surface area contributed by atoms with Crippen molar-refractivity contribution in [3.63, 3.8) is 0 Å². The number of nitrogens with zero attached hydrogens (tertiary/aromatic N) is 3. The monoisotopic (exact) mass is 508 g/mol. The van der Waals surface area contributed by atoms with Crippen LogP contribution in [0.4, 0.5) is 24.0 Å². The van der Waals surface area contributed by atoms with E-state index in [0.29, 0.717) is 12.1 Å². The van der Waals surface area contributed by atoms with Crippen molar-refractivity contribution in [2.24, 2.45) is 5.41 Å². The van der Waals surface area contributed by atoms with E-state index in [9.17, 15) is 22.8 Å². The molecule has 2 amide bonds. The van der Waals surface area contributed by atoms with Crippen molar-refractivity contribution in [2.45, 2.75) is 52.6 Å². The number of unbranched alkanes of at least 4 members (excludes halogenated alkanes) is 2. The predicted molar refractivity (Wildman–Crippen MR) is 128 cm³/mol. The Labute approximate surface area is 205 Å². The van der Waals surface area contributed by atoms with Crippen LogP contribution in [0.25, 0.3) is 0 Å². The second-order valence-electron chi connectivity index (χ2n) is 8.32. The molecule has 0 saturated heterocycles. The zero-order valence-electron chi connectivity index (χ0n) is 19.7. The second kappa shape index (κ2) is 11.0. The number of pyridine rings is 1. The number of carbonyl (C=O) groups is 2. The van der Waals surface area contributed by atoms with Crippen molar-refractivity contribution < 1.29 is 27.5 Å². The first-order valence-electron chi connectivity index (χ1n) is 11.1. The largest absolute Gasteiger partial charge is 0.497 e. The number of allylic oxidation sites excluding steroid dienone is 4. The molecule has 1 aliphatic carbocycles. The highest BCUT2D eigenvalue weighted by Gasteiger charge is 2.56. The molecule has 1 unspecified atom stereocenters. The van der Waals surface area contributed by atoms with E-state index >= 15 is 0 Å². The van der Waals surface area contributed by atoms with E-state index in [0.717, 1.165) is 36.0 Å². The van der Waals surface area contributed by atoms with Crippen LogP contribution in [-0.2, 0) is 9.53 Å². The van der Waals surface area contributed by atoms with E-state index in [1.165, 1.54) is 30.7 Å². The molecule has 1 N–H and O–H groups in total. The zero-order chi connectivity index (χ0) is 25.6. The topological polar surface area (TPSA) is 84.4 Å². The number of hydrogen-bond acceptors (Lipinski definition) is 6. The van der Waals surface area contributed by atoms with Gasteiger partial charge in [-0.1, -0.05) is 19.8 Å². The molecule has 2 aromatic rings. The molecule has 0 saturated carbocycles. The fourth-order valence-electron chi connectivity index (χ4n) is 3.56. The van der Waals surface area contributed by atoms with Gasteiger partial charge in [-0.3, -0.25) is 19.5 Å². The lowest BCUT2D eigenvalue weighted by Gasteiger charge is -2.38. The molecule has 35 heavy (non-hydrogen) atoms. The first kappa shape index (κ1) is 26.4. The molecule has 0 aliphatic heterocycles. The molecule has 2 heterocycles. The van der Waals surface area contributed by atoms with Crippen LogP contribution in [-0.4, -0.2) is 34.6 Å². The molecule has 1 aliphatic rings. The lowest BCUT2D eigenvalue weighted by molar-refractivity contribution is -0.216. The Hall–Kier alpha value is -3.21. The summed E-state index contributed by atoms with van der Waals surface area (Å²) in [5.41, 5.74) is -1.70. The van der Waals surface area contributed by atoms with Gasteiger partial charge in [0.25, 0.3) is 5.91 Å². The highest BCUT2D eigenvalue weighted by Crippen LogP contribution is 2.51. The quantitative estimate of drug-likeness (QED) is 0.415. The summed E-state index contributed by atoms with van der Waals surface area (Å²) in [6.45, 7) is 4.49. The number of halogens is 3. The summed E-state index contributed by atoms with van der Waals surface area (Å²) in [5, 5.41) is 4.18. The minimum Gasteiger partial charge on any atom is -0.497 e. The molecule has 3 rings (SSSR count). The van der Waals surface area contributed by atoms with Crippen molar-refractivity contribution in [2.75, 3.05) is 16.8 Å². The van der Waals surface area contributed by atoms with Gasteiger partial charge in [-0.25, -0.2) is 4.98 Å². The summed E-state index contributed by atoms with van der Waals surface area (Å²) in [6, 6.07) is 3.31. The van der Waals surface area contributed by atoms with Crippen LogP contribution in [0.1, 0.15) is 56.9 Å². The van der Waals surface area contributed by atoms with Crippen LogP contribution >= 0.6 is 11.3 Å². The van der Waals surface area contributed by atoms with Gasteiger partial charge in [-0.05, 0) is 37.6 Å². The van der Waals surface area contributed by atoms with E-state index in [-0.39, 0.29) is 28.9 Å². The maximum Gasteiger partial charge on any atom is 0.401 e. The van der Waals surface area contributed by atoms with E-state index in [1.807, 2.05) is 6.92 Å². The zero-order valence-corrected chi connectivity index (χ0v) is 20.5. The summed E-state index contributed by atoms with van der Waals surface area (Å²) >= 11 is 0.990. The van der Waals surface area contributed by atoms with Crippen molar-refractivity contribution >= 4 is 34.0 Å². The van der Waals surface area contributed by atoms with Gasteiger partial charge in [0.2, 0.25) is 5.91 Å². The Balaban J connectivity index is 1.87. The van der Waals surface area contributed by atoms with Crippen LogP contribution < -0.4 is 10.2 Å². The maximum absolute atomic E-state index is 14.2. The molecule has 7 nitrogen and oxygen atoms in total. The molecule has 0 aromatic carbocycles. The van der Waals surface area contributed by atoms with Crippen molar-refractivity contribution in [3.8, 4) is 0 Å². The number of hydrogen-bond donors (Lipinski definition) is 1.